The maximum absolute atomic E-state index is 12.4. The Balaban J connectivity index is 1.49. The second kappa shape index (κ2) is 8.03. The smallest absolute Gasteiger partial charge is 0.321 e. The Labute approximate surface area is 152 Å². The Kier molecular flexibility index (Phi) is 5.55. The number of aryl methyl sites for hydroxylation is 2. The first-order chi connectivity index (χ1) is 12.6. The largest absolute Gasteiger partial charge is 0.435 e. The van der Waals surface area contributed by atoms with Crippen LogP contribution in [0.3, 0.4) is 0 Å². The lowest BCUT2D eigenvalue weighted by molar-refractivity contribution is 0.0888. The van der Waals surface area contributed by atoms with Crippen LogP contribution in [0.4, 0.5) is 10.5 Å². The highest BCUT2D eigenvalue weighted by Gasteiger charge is 2.26. The lowest BCUT2D eigenvalue weighted by Gasteiger charge is -2.32. The first kappa shape index (κ1) is 18.0. The minimum absolute atomic E-state index is 0.0258. The van der Waals surface area contributed by atoms with Crippen LogP contribution in [0.25, 0.3) is 0 Å². The molecule has 2 heterocycles. The van der Waals surface area contributed by atoms with Crippen molar-refractivity contribution in [1.82, 2.24) is 15.2 Å². The van der Waals surface area contributed by atoms with E-state index in [-0.39, 0.29) is 23.7 Å². The number of rotatable bonds is 4. The van der Waals surface area contributed by atoms with Crippen LogP contribution >= 0.6 is 0 Å². The number of carbonyl (C=O) groups is 2. The number of likely N-dealkylation sites (tertiary alicyclic amines) is 1. The highest BCUT2D eigenvalue weighted by Crippen LogP contribution is 2.15. The molecule has 0 bridgehead atoms. The molecule has 0 atom stereocenters. The van der Waals surface area contributed by atoms with Crippen molar-refractivity contribution in [2.45, 2.75) is 39.2 Å². The van der Waals surface area contributed by atoms with E-state index in [2.05, 4.69) is 15.6 Å². The highest BCUT2D eigenvalue weighted by molar-refractivity contribution is 5.92. The molecule has 1 aromatic carbocycles. The Morgan fingerprint density at radius 3 is 2.54 bits per heavy atom. The van der Waals surface area contributed by atoms with Gasteiger partial charge in [0.2, 0.25) is 5.76 Å². The molecule has 3 rings (SSSR count). The van der Waals surface area contributed by atoms with Crippen LogP contribution in [0.15, 0.2) is 34.7 Å². The van der Waals surface area contributed by atoms with Gasteiger partial charge in [0.25, 0.3) is 5.91 Å². The van der Waals surface area contributed by atoms with Crippen LogP contribution in [-0.2, 0) is 6.42 Å². The predicted molar refractivity (Wildman–Crippen MR) is 98.1 cm³/mol. The molecule has 1 aliphatic heterocycles. The average Bonchev–Trinajstić information content (AvgIpc) is 3.04. The molecule has 7 heteroatoms. The Hall–Kier alpha value is -2.83. The SMILES string of the molecule is CCc1nc(C)c(C(=O)NC2CCN(C(=O)Nc3ccccc3)CC2)o1. The maximum atomic E-state index is 12.4. The number of benzene rings is 1. The first-order valence-corrected chi connectivity index (χ1v) is 8.95. The minimum Gasteiger partial charge on any atom is -0.435 e. The van der Waals surface area contributed by atoms with Crippen molar-refractivity contribution in [2.75, 3.05) is 18.4 Å². The first-order valence-electron chi connectivity index (χ1n) is 8.95. The van der Waals surface area contributed by atoms with Gasteiger partial charge in [0.15, 0.2) is 5.89 Å². The summed E-state index contributed by atoms with van der Waals surface area (Å²) in [7, 11) is 0. The molecule has 1 aliphatic rings. The van der Waals surface area contributed by atoms with Crippen molar-refractivity contribution in [3.05, 3.63) is 47.7 Å². The Morgan fingerprint density at radius 2 is 1.92 bits per heavy atom. The van der Waals surface area contributed by atoms with Crippen LogP contribution in [0.1, 0.15) is 41.9 Å². The highest BCUT2D eigenvalue weighted by atomic mass is 16.4. The molecule has 0 aliphatic carbocycles. The molecule has 2 N–H and O–H groups in total. The topological polar surface area (TPSA) is 87.5 Å². The standard InChI is InChI=1S/C19H24N4O3/c1-3-16-20-13(2)17(26-16)18(24)21-15-9-11-23(12-10-15)19(25)22-14-7-5-4-6-8-14/h4-8,15H,3,9-12H2,1-2H3,(H,21,24)(H,22,25). The molecular weight excluding hydrogens is 332 g/mol. The average molecular weight is 356 g/mol. The Bertz CT molecular complexity index is 764. The molecular formula is C19H24N4O3. The third-order valence-corrected chi connectivity index (χ3v) is 4.49. The molecule has 3 amide bonds. The number of aromatic nitrogens is 1. The van der Waals surface area contributed by atoms with Gasteiger partial charge in [-0.25, -0.2) is 9.78 Å². The molecule has 26 heavy (non-hydrogen) atoms. The molecule has 0 spiro atoms. The van der Waals surface area contributed by atoms with Crippen LogP contribution in [0.2, 0.25) is 0 Å². The molecule has 0 radical (unpaired) electrons. The van der Waals surface area contributed by atoms with Crippen LogP contribution in [0, 0.1) is 6.92 Å². The van der Waals surface area contributed by atoms with Gasteiger partial charge in [-0.1, -0.05) is 25.1 Å². The molecule has 0 unspecified atom stereocenters. The zero-order valence-corrected chi connectivity index (χ0v) is 15.1. The van der Waals surface area contributed by atoms with Gasteiger partial charge in [0.1, 0.15) is 0 Å². The van der Waals surface area contributed by atoms with E-state index >= 15 is 0 Å². The van der Waals surface area contributed by atoms with Crippen molar-refractivity contribution in [1.29, 1.82) is 0 Å². The van der Waals surface area contributed by atoms with Crippen molar-refractivity contribution >= 4 is 17.6 Å². The minimum atomic E-state index is -0.234. The molecule has 0 saturated carbocycles. The second-order valence-electron chi connectivity index (χ2n) is 6.41. The van der Waals surface area contributed by atoms with E-state index in [1.807, 2.05) is 37.3 Å². The van der Waals surface area contributed by atoms with Gasteiger partial charge in [0.05, 0.1) is 5.69 Å². The molecule has 2 aromatic rings. The summed E-state index contributed by atoms with van der Waals surface area (Å²) in [6, 6.07) is 9.30. The number of anilines is 1. The van der Waals surface area contributed by atoms with Gasteiger partial charge >= 0.3 is 6.03 Å². The molecule has 1 saturated heterocycles. The number of hydrogen-bond acceptors (Lipinski definition) is 4. The number of piperidine rings is 1. The summed E-state index contributed by atoms with van der Waals surface area (Å²) >= 11 is 0. The summed E-state index contributed by atoms with van der Waals surface area (Å²) in [4.78, 5) is 30.7. The van der Waals surface area contributed by atoms with Crippen molar-refractivity contribution < 1.29 is 14.0 Å². The summed E-state index contributed by atoms with van der Waals surface area (Å²) in [6.07, 6.45) is 2.08. The number of urea groups is 1. The van der Waals surface area contributed by atoms with E-state index < -0.39 is 0 Å². The lowest BCUT2D eigenvalue weighted by Crippen LogP contribution is -2.47. The summed E-state index contributed by atoms with van der Waals surface area (Å²) in [5, 5.41) is 5.88. The fourth-order valence-corrected chi connectivity index (χ4v) is 3.02. The van der Waals surface area contributed by atoms with Gasteiger partial charge in [-0.2, -0.15) is 0 Å². The Morgan fingerprint density at radius 1 is 1.23 bits per heavy atom. The van der Waals surface area contributed by atoms with E-state index in [0.29, 0.717) is 43.9 Å². The van der Waals surface area contributed by atoms with Crippen LogP contribution < -0.4 is 10.6 Å². The van der Waals surface area contributed by atoms with Gasteiger partial charge in [-0.3, -0.25) is 4.79 Å². The molecule has 7 nitrogen and oxygen atoms in total. The molecule has 138 valence electrons. The van der Waals surface area contributed by atoms with E-state index in [0.717, 1.165) is 5.69 Å². The lowest BCUT2D eigenvalue weighted by atomic mass is 10.1. The van der Waals surface area contributed by atoms with E-state index in [4.69, 9.17) is 4.42 Å². The molecule has 1 aromatic heterocycles. The van der Waals surface area contributed by atoms with E-state index in [1.165, 1.54) is 0 Å². The van der Waals surface area contributed by atoms with Gasteiger partial charge in [-0.15, -0.1) is 0 Å². The summed E-state index contributed by atoms with van der Waals surface area (Å²) in [5.74, 6) is 0.619. The summed E-state index contributed by atoms with van der Waals surface area (Å²) in [6.45, 7) is 4.90. The van der Waals surface area contributed by atoms with E-state index in [9.17, 15) is 9.59 Å². The van der Waals surface area contributed by atoms with Gasteiger partial charge < -0.3 is 20.0 Å². The summed E-state index contributed by atoms with van der Waals surface area (Å²) < 4.78 is 5.49. The van der Waals surface area contributed by atoms with Crippen molar-refractivity contribution in [3.8, 4) is 0 Å². The van der Waals surface area contributed by atoms with Crippen LogP contribution in [0.5, 0.6) is 0 Å². The fraction of sp³-hybridized carbons (Fsp3) is 0.421. The maximum Gasteiger partial charge on any atom is 0.321 e. The third kappa shape index (κ3) is 4.22. The number of carbonyl (C=O) groups excluding carboxylic acids is 2. The summed E-state index contributed by atoms with van der Waals surface area (Å²) in [5.41, 5.74) is 1.39. The van der Waals surface area contributed by atoms with Gasteiger partial charge in [-0.05, 0) is 31.9 Å². The zero-order chi connectivity index (χ0) is 18.5. The van der Waals surface area contributed by atoms with Gasteiger partial charge in [0, 0.05) is 31.2 Å². The number of oxazole rings is 1. The van der Waals surface area contributed by atoms with Crippen LogP contribution in [-0.4, -0.2) is 41.0 Å². The quantitative estimate of drug-likeness (QED) is 0.882. The zero-order valence-electron chi connectivity index (χ0n) is 15.1. The van der Waals surface area contributed by atoms with E-state index in [1.54, 1.807) is 11.8 Å². The number of hydrogen-bond donors (Lipinski definition) is 2. The normalized spacial score (nSPS) is 14.9. The number of nitrogens with zero attached hydrogens (tertiary/aromatic N) is 2. The van der Waals surface area contributed by atoms with Crippen molar-refractivity contribution in [3.63, 3.8) is 0 Å². The fourth-order valence-electron chi connectivity index (χ4n) is 3.02. The number of amides is 3. The second-order valence-corrected chi connectivity index (χ2v) is 6.41. The molecule has 1 fully saturated rings. The third-order valence-electron chi connectivity index (χ3n) is 4.49. The van der Waals surface area contributed by atoms with Crippen molar-refractivity contribution in [2.24, 2.45) is 0 Å². The number of para-hydroxylation sites is 1. The number of nitrogens with one attached hydrogen (secondary N) is 2. The monoisotopic (exact) mass is 356 g/mol. The predicted octanol–water partition coefficient (Wildman–Crippen LogP) is 2.97.